The van der Waals surface area contributed by atoms with Gasteiger partial charge in [-0.25, -0.2) is 4.98 Å². The number of nitrogens with one attached hydrogen (secondary N) is 1. The molecule has 0 spiro atoms. The first kappa shape index (κ1) is 21.7. The van der Waals surface area contributed by atoms with Crippen LogP contribution in [0, 0.1) is 27.4 Å². The van der Waals surface area contributed by atoms with Gasteiger partial charge in [0.2, 0.25) is 5.91 Å². The van der Waals surface area contributed by atoms with Gasteiger partial charge in [-0.05, 0) is 68.7 Å². The maximum Gasteiger partial charge on any atom is 0.271 e. The van der Waals surface area contributed by atoms with E-state index in [9.17, 15) is 20.2 Å². The molecule has 1 atom stereocenters. The maximum absolute atomic E-state index is 12.4. The van der Waals surface area contributed by atoms with Crippen LogP contribution in [-0.2, 0) is 17.6 Å². The Labute approximate surface area is 188 Å². The molecule has 0 saturated heterocycles. The molecule has 0 aliphatic heterocycles. The van der Waals surface area contributed by atoms with Crippen LogP contribution in [0.3, 0.4) is 0 Å². The third-order valence-electron chi connectivity index (χ3n) is 4.56. The number of pyridine rings is 1. The van der Waals surface area contributed by atoms with Gasteiger partial charge >= 0.3 is 0 Å². The van der Waals surface area contributed by atoms with Crippen LogP contribution >= 0.6 is 43.6 Å². The molecule has 7 nitrogen and oxygen atoms in total. The molecule has 10 heteroatoms. The smallest absolute Gasteiger partial charge is 0.271 e. The highest BCUT2D eigenvalue weighted by atomic mass is 79.9. The van der Waals surface area contributed by atoms with Crippen molar-refractivity contribution in [3.05, 3.63) is 54.1 Å². The fourth-order valence-corrected chi connectivity index (χ4v) is 5.25. The Morgan fingerprint density at radius 3 is 2.72 bits per heavy atom. The minimum Gasteiger partial charge on any atom is -0.323 e. The molecule has 3 rings (SSSR count). The largest absolute Gasteiger partial charge is 0.323 e. The highest BCUT2D eigenvalue weighted by Gasteiger charge is 2.20. The summed E-state index contributed by atoms with van der Waals surface area (Å²) in [7, 11) is 0. The number of rotatable bonds is 5. The van der Waals surface area contributed by atoms with Crippen LogP contribution in [-0.4, -0.2) is 21.6 Å². The summed E-state index contributed by atoms with van der Waals surface area (Å²) >= 11 is 7.70. The van der Waals surface area contributed by atoms with Crippen molar-refractivity contribution in [2.75, 3.05) is 11.1 Å². The second-order valence-corrected chi connectivity index (χ2v) is 9.46. The zero-order chi connectivity index (χ0) is 21.1. The number of hydrogen-bond acceptors (Lipinski definition) is 6. The molecule has 1 aliphatic rings. The van der Waals surface area contributed by atoms with E-state index in [-0.39, 0.29) is 17.3 Å². The molecule has 0 bridgehead atoms. The summed E-state index contributed by atoms with van der Waals surface area (Å²) in [6.45, 7) is 2.19. The normalized spacial score (nSPS) is 15.3. The molecular weight excluding hydrogens is 524 g/mol. The topological polar surface area (TPSA) is 109 Å². The lowest BCUT2D eigenvalue weighted by Gasteiger charge is -2.21. The molecule has 150 valence electrons. The van der Waals surface area contributed by atoms with Gasteiger partial charge < -0.3 is 5.32 Å². The maximum atomic E-state index is 12.4. The van der Waals surface area contributed by atoms with Crippen LogP contribution in [0.25, 0.3) is 0 Å². The first-order valence-electron chi connectivity index (χ1n) is 8.77. The molecule has 29 heavy (non-hydrogen) atoms. The number of nitriles is 1. The summed E-state index contributed by atoms with van der Waals surface area (Å²) in [5.74, 6) is 0.341. The van der Waals surface area contributed by atoms with Gasteiger partial charge in [0.1, 0.15) is 11.1 Å². The minimum absolute atomic E-state index is 0.0622. The van der Waals surface area contributed by atoms with Crippen LogP contribution in [0.1, 0.15) is 30.2 Å². The number of nitro benzene ring substituents is 1. The number of nitro groups is 1. The van der Waals surface area contributed by atoms with E-state index in [1.165, 1.54) is 23.9 Å². The van der Waals surface area contributed by atoms with E-state index >= 15 is 0 Å². The van der Waals surface area contributed by atoms with E-state index in [1.807, 2.05) is 6.07 Å². The number of nitrogens with zero attached hydrogens (tertiary/aromatic N) is 3. The van der Waals surface area contributed by atoms with Crippen molar-refractivity contribution in [1.29, 1.82) is 5.26 Å². The van der Waals surface area contributed by atoms with Crippen molar-refractivity contribution in [2.24, 2.45) is 5.92 Å². The van der Waals surface area contributed by atoms with Crippen LogP contribution in [0.4, 0.5) is 11.4 Å². The standard InChI is InChI=1S/C19H16Br2N4O3S/c1-10-2-3-16-11(4-10)5-12(8-22)19(23-16)29-9-17(26)24-18-14(20)6-13(25(27)28)7-15(18)21/h5-7,10H,2-4,9H2,1H3,(H,24,26). The summed E-state index contributed by atoms with van der Waals surface area (Å²) in [5.41, 5.74) is 2.92. The lowest BCUT2D eigenvalue weighted by atomic mass is 9.87. The number of aryl methyl sites for hydroxylation is 1. The Kier molecular flexibility index (Phi) is 6.93. The monoisotopic (exact) mass is 538 g/mol. The molecule has 1 N–H and O–H groups in total. The van der Waals surface area contributed by atoms with Gasteiger partial charge in [-0.3, -0.25) is 14.9 Å². The average Bonchev–Trinajstić information content (AvgIpc) is 2.68. The van der Waals surface area contributed by atoms with Crippen molar-refractivity contribution in [3.63, 3.8) is 0 Å². The van der Waals surface area contributed by atoms with Crippen LogP contribution in [0.2, 0.25) is 0 Å². The van der Waals surface area contributed by atoms with Gasteiger partial charge in [0.25, 0.3) is 5.69 Å². The van der Waals surface area contributed by atoms with Crippen LogP contribution < -0.4 is 5.32 Å². The van der Waals surface area contributed by atoms with E-state index < -0.39 is 4.92 Å². The molecule has 0 radical (unpaired) electrons. The Balaban J connectivity index is 1.72. The first-order valence-corrected chi connectivity index (χ1v) is 11.3. The van der Waals surface area contributed by atoms with E-state index in [0.29, 0.717) is 31.1 Å². The Morgan fingerprint density at radius 2 is 2.10 bits per heavy atom. The fourth-order valence-electron chi connectivity index (χ4n) is 3.11. The minimum atomic E-state index is -0.511. The number of thioether (sulfide) groups is 1. The average molecular weight is 540 g/mol. The molecule has 1 aliphatic carbocycles. The van der Waals surface area contributed by atoms with Crippen LogP contribution in [0.5, 0.6) is 0 Å². The van der Waals surface area contributed by atoms with Gasteiger partial charge in [-0.1, -0.05) is 18.7 Å². The van der Waals surface area contributed by atoms with Crippen LogP contribution in [0.15, 0.2) is 32.2 Å². The summed E-state index contributed by atoms with van der Waals surface area (Å²) in [5, 5.41) is 23.7. The van der Waals surface area contributed by atoms with Gasteiger partial charge in [0.05, 0.1) is 21.9 Å². The predicted molar refractivity (Wildman–Crippen MR) is 118 cm³/mol. The molecular formula is C19H16Br2N4O3S. The van der Waals surface area contributed by atoms with Crippen molar-refractivity contribution in [1.82, 2.24) is 4.98 Å². The third kappa shape index (κ3) is 5.15. The Bertz CT molecular complexity index is 1020. The fraction of sp³-hybridized carbons (Fsp3) is 0.316. The second-order valence-electron chi connectivity index (χ2n) is 6.79. The zero-order valence-corrected chi connectivity index (χ0v) is 19.4. The second kappa shape index (κ2) is 9.24. The van der Waals surface area contributed by atoms with E-state index in [1.54, 1.807) is 0 Å². The number of fused-ring (bicyclic) bond motifs is 1. The SMILES string of the molecule is CC1CCc2nc(SCC(=O)Nc3c(Br)cc([N+](=O)[O-])cc3Br)c(C#N)cc2C1. The van der Waals surface area contributed by atoms with Crippen molar-refractivity contribution < 1.29 is 9.72 Å². The predicted octanol–water partition coefficient (Wildman–Crippen LogP) is 5.24. The lowest BCUT2D eigenvalue weighted by molar-refractivity contribution is -0.385. The van der Waals surface area contributed by atoms with E-state index in [4.69, 9.17) is 0 Å². The zero-order valence-electron chi connectivity index (χ0n) is 15.4. The number of carbonyl (C=O) groups is 1. The number of halogens is 2. The molecule has 1 heterocycles. The molecule has 1 amide bonds. The molecule has 2 aromatic rings. The number of benzene rings is 1. The van der Waals surface area contributed by atoms with Crippen molar-refractivity contribution in [3.8, 4) is 6.07 Å². The van der Waals surface area contributed by atoms with Gasteiger partial charge in [-0.2, -0.15) is 5.26 Å². The highest BCUT2D eigenvalue weighted by Crippen LogP contribution is 2.35. The Hall–Kier alpha value is -1.96. The molecule has 1 aromatic heterocycles. The lowest BCUT2D eigenvalue weighted by Crippen LogP contribution is -2.16. The first-order chi connectivity index (χ1) is 13.8. The summed E-state index contributed by atoms with van der Waals surface area (Å²) in [6, 6.07) is 6.72. The number of anilines is 1. The number of non-ortho nitro benzene ring substituents is 1. The molecule has 1 unspecified atom stereocenters. The quantitative estimate of drug-likeness (QED) is 0.316. The van der Waals surface area contributed by atoms with Gasteiger partial charge in [-0.15, -0.1) is 0 Å². The number of carbonyl (C=O) groups excluding carboxylic acids is 1. The van der Waals surface area contributed by atoms with E-state index in [2.05, 4.69) is 55.2 Å². The van der Waals surface area contributed by atoms with Crippen molar-refractivity contribution >= 4 is 60.9 Å². The molecule has 1 aromatic carbocycles. The summed E-state index contributed by atoms with van der Waals surface area (Å²) in [4.78, 5) is 27.5. The molecule has 0 saturated carbocycles. The van der Waals surface area contributed by atoms with Gasteiger partial charge in [0, 0.05) is 26.8 Å². The number of aromatic nitrogens is 1. The van der Waals surface area contributed by atoms with Crippen molar-refractivity contribution in [2.45, 2.75) is 31.2 Å². The van der Waals surface area contributed by atoms with Gasteiger partial charge in [0.15, 0.2) is 0 Å². The van der Waals surface area contributed by atoms with E-state index in [0.717, 1.165) is 30.5 Å². The third-order valence-corrected chi connectivity index (χ3v) is 6.80. The molecule has 0 fully saturated rings. The summed E-state index contributed by atoms with van der Waals surface area (Å²) < 4.78 is 0.798. The highest BCUT2D eigenvalue weighted by molar-refractivity contribution is 9.11. The Morgan fingerprint density at radius 1 is 1.41 bits per heavy atom. The number of amides is 1. The number of hydrogen-bond donors (Lipinski definition) is 1. The summed E-state index contributed by atoms with van der Waals surface area (Å²) in [6.07, 6.45) is 2.87.